The van der Waals surface area contributed by atoms with Crippen LogP contribution in [0.4, 0.5) is 0 Å². The smallest absolute Gasteiger partial charge is 0.341 e. The van der Waals surface area contributed by atoms with Crippen molar-refractivity contribution in [2.75, 3.05) is 0 Å². The van der Waals surface area contributed by atoms with Gasteiger partial charge in [0, 0.05) is 5.69 Å². The van der Waals surface area contributed by atoms with Gasteiger partial charge < -0.3 is 10.1 Å². The Labute approximate surface area is 110 Å². The van der Waals surface area contributed by atoms with Crippen molar-refractivity contribution in [2.24, 2.45) is 0 Å². The SMILES string of the molecule is CCCc1ccc(-c2ccc(C(=O)O)c(=O)[nH]2)cc1. The van der Waals surface area contributed by atoms with Crippen molar-refractivity contribution < 1.29 is 9.90 Å². The van der Waals surface area contributed by atoms with E-state index in [1.807, 2.05) is 24.3 Å². The Morgan fingerprint density at radius 1 is 1.16 bits per heavy atom. The summed E-state index contributed by atoms with van der Waals surface area (Å²) in [5.74, 6) is -1.22. The number of carboxylic acids is 1. The highest BCUT2D eigenvalue weighted by Gasteiger charge is 2.09. The molecule has 1 heterocycles. The molecule has 0 amide bonds. The van der Waals surface area contributed by atoms with E-state index in [9.17, 15) is 9.59 Å². The van der Waals surface area contributed by atoms with Crippen molar-refractivity contribution in [2.45, 2.75) is 19.8 Å². The van der Waals surface area contributed by atoms with Gasteiger partial charge in [-0.25, -0.2) is 4.79 Å². The molecule has 0 atom stereocenters. The van der Waals surface area contributed by atoms with E-state index in [-0.39, 0.29) is 5.56 Å². The molecule has 0 saturated heterocycles. The first-order valence-electron chi connectivity index (χ1n) is 6.17. The molecule has 4 heteroatoms. The highest BCUT2D eigenvalue weighted by Crippen LogP contribution is 2.17. The van der Waals surface area contributed by atoms with Crippen molar-refractivity contribution in [3.63, 3.8) is 0 Å². The second-order valence-electron chi connectivity index (χ2n) is 4.37. The first-order chi connectivity index (χ1) is 9.11. The van der Waals surface area contributed by atoms with E-state index in [1.54, 1.807) is 6.07 Å². The molecule has 0 aliphatic heterocycles. The second-order valence-corrected chi connectivity index (χ2v) is 4.37. The number of hydrogen-bond acceptors (Lipinski definition) is 2. The van der Waals surface area contributed by atoms with Gasteiger partial charge in [0.05, 0.1) is 0 Å². The van der Waals surface area contributed by atoms with Gasteiger partial charge in [-0.15, -0.1) is 0 Å². The molecule has 19 heavy (non-hydrogen) atoms. The number of carbonyl (C=O) groups is 1. The summed E-state index contributed by atoms with van der Waals surface area (Å²) in [6.07, 6.45) is 2.11. The maximum absolute atomic E-state index is 11.6. The van der Waals surface area contributed by atoms with Gasteiger partial charge >= 0.3 is 5.97 Å². The zero-order chi connectivity index (χ0) is 13.8. The largest absolute Gasteiger partial charge is 0.477 e. The van der Waals surface area contributed by atoms with E-state index in [1.165, 1.54) is 11.6 Å². The summed E-state index contributed by atoms with van der Waals surface area (Å²) in [6.45, 7) is 2.12. The Bertz CT molecular complexity index is 641. The molecule has 0 aliphatic carbocycles. The fourth-order valence-electron chi connectivity index (χ4n) is 1.95. The minimum absolute atomic E-state index is 0.244. The third-order valence-corrected chi connectivity index (χ3v) is 2.94. The molecule has 1 aromatic heterocycles. The van der Waals surface area contributed by atoms with Crippen molar-refractivity contribution >= 4 is 5.97 Å². The lowest BCUT2D eigenvalue weighted by molar-refractivity contribution is 0.0695. The normalized spacial score (nSPS) is 10.4. The number of rotatable bonds is 4. The van der Waals surface area contributed by atoms with Crippen LogP contribution in [-0.2, 0) is 6.42 Å². The maximum atomic E-state index is 11.6. The third-order valence-electron chi connectivity index (χ3n) is 2.94. The lowest BCUT2D eigenvalue weighted by Crippen LogP contribution is -2.17. The number of aromatic amines is 1. The standard InChI is InChI=1S/C15H15NO3/c1-2-3-10-4-6-11(7-5-10)13-9-8-12(15(18)19)14(17)16-13/h4-9H,2-3H2,1H3,(H,16,17)(H,18,19). The van der Waals surface area contributed by atoms with Gasteiger partial charge in [0.1, 0.15) is 5.56 Å². The fraction of sp³-hybridized carbons (Fsp3) is 0.200. The average molecular weight is 257 g/mol. The number of nitrogens with one attached hydrogen (secondary N) is 1. The lowest BCUT2D eigenvalue weighted by Gasteiger charge is -2.04. The number of benzene rings is 1. The van der Waals surface area contributed by atoms with Gasteiger partial charge in [-0.3, -0.25) is 4.79 Å². The van der Waals surface area contributed by atoms with Gasteiger partial charge in [0.25, 0.3) is 5.56 Å². The van der Waals surface area contributed by atoms with Crippen LogP contribution in [0.1, 0.15) is 29.3 Å². The van der Waals surface area contributed by atoms with Crippen molar-refractivity contribution in [3.8, 4) is 11.3 Å². The second kappa shape index (κ2) is 5.52. The molecule has 0 bridgehead atoms. The first kappa shape index (κ1) is 13.1. The maximum Gasteiger partial charge on any atom is 0.341 e. The predicted molar refractivity (Wildman–Crippen MR) is 73.5 cm³/mol. The number of aromatic nitrogens is 1. The highest BCUT2D eigenvalue weighted by molar-refractivity contribution is 5.87. The Morgan fingerprint density at radius 3 is 2.37 bits per heavy atom. The van der Waals surface area contributed by atoms with Gasteiger partial charge in [-0.2, -0.15) is 0 Å². The Hall–Kier alpha value is -2.36. The molecule has 2 aromatic rings. The molecule has 2 rings (SSSR count). The monoisotopic (exact) mass is 257 g/mol. The number of pyridine rings is 1. The van der Waals surface area contributed by atoms with Gasteiger partial charge in [0.2, 0.25) is 0 Å². The van der Waals surface area contributed by atoms with E-state index in [0.29, 0.717) is 5.69 Å². The Morgan fingerprint density at radius 2 is 1.84 bits per heavy atom. The molecule has 0 saturated carbocycles. The number of H-pyrrole nitrogens is 1. The van der Waals surface area contributed by atoms with E-state index in [4.69, 9.17) is 5.11 Å². The van der Waals surface area contributed by atoms with Crippen LogP contribution in [0.25, 0.3) is 11.3 Å². The molecule has 98 valence electrons. The summed E-state index contributed by atoms with van der Waals surface area (Å²) in [7, 11) is 0. The van der Waals surface area contributed by atoms with Crippen molar-refractivity contribution in [1.29, 1.82) is 0 Å². The van der Waals surface area contributed by atoms with Crippen LogP contribution in [0.2, 0.25) is 0 Å². The third kappa shape index (κ3) is 2.91. The minimum Gasteiger partial charge on any atom is -0.477 e. The Balaban J connectivity index is 2.34. The molecule has 0 unspecified atom stereocenters. The van der Waals surface area contributed by atoms with Crippen LogP contribution in [0.15, 0.2) is 41.2 Å². The molecule has 2 N–H and O–H groups in total. The van der Waals surface area contributed by atoms with E-state index in [0.717, 1.165) is 18.4 Å². The molecule has 4 nitrogen and oxygen atoms in total. The summed E-state index contributed by atoms with van der Waals surface area (Å²) >= 11 is 0. The lowest BCUT2D eigenvalue weighted by atomic mass is 10.1. The number of carboxylic acid groups (broad SMARTS) is 1. The van der Waals surface area contributed by atoms with E-state index in [2.05, 4.69) is 11.9 Å². The van der Waals surface area contributed by atoms with Crippen molar-refractivity contribution in [1.82, 2.24) is 4.98 Å². The number of hydrogen-bond donors (Lipinski definition) is 2. The van der Waals surface area contributed by atoms with Crippen LogP contribution in [0.3, 0.4) is 0 Å². The van der Waals surface area contributed by atoms with E-state index >= 15 is 0 Å². The van der Waals surface area contributed by atoms with Crippen molar-refractivity contribution in [3.05, 3.63) is 57.9 Å². The summed E-state index contributed by atoms with van der Waals surface area (Å²) < 4.78 is 0. The van der Waals surface area contributed by atoms with Gasteiger partial charge in [-0.1, -0.05) is 37.6 Å². The Kier molecular flexibility index (Phi) is 3.80. The topological polar surface area (TPSA) is 70.2 Å². The summed E-state index contributed by atoms with van der Waals surface area (Å²) in [6, 6.07) is 10.8. The van der Waals surface area contributed by atoms with Crippen LogP contribution in [-0.4, -0.2) is 16.1 Å². The average Bonchev–Trinajstić information content (AvgIpc) is 2.39. The molecule has 1 aromatic carbocycles. The summed E-state index contributed by atoms with van der Waals surface area (Å²) in [5.41, 5.74) is 1.91. The zero-order valence-electron chi connectivity index (χ0n) is 10.6. The van der Waals surface area contributed by atoms with Gasteiger partial charge in [0.15, 0.2) is 0 Å². The molecular weight excluding hydrogens is 242 g/mol. The predicted octanol–water partition coefficient (Wildman–Crippen LogP) is 2.69. The summed E-state index contributed by atoms with van der Waals surface area (Å²) in [5, 5.41) is 8.80. The summed E-state index contributed by atoms with van der Waals surface area (Å²) in [4.78, 5) is 24.9. The fourth-order valence-corrected chi connectivity index (χ4v) is 1.95. The van der Waals surface area contributed by atoms with Crippen LogP contribution in [0.5, 0.6) is 0 Å². The number of aryl methyl sites for hydroxylation is 1. The minimum atomic E-state index is -1.22. The zero-order valence-corrected chi connectivity index (χ0v) is 10.6. The van der Waals surface area contributed by atoms with E-state index < -0.39 is 11.5 Å². The molecule has 0 radical (unpaired) electrons. The first-order valence-corrected chi connectivity index (χ1v) is 6.17. The molecule has 0 fully saturated rings. The quantitative estimate of drug-likeness (QED) is 0.884. The molecule has 0 spiro atoms. The van der Waals surface area contributed by atoms with Gasteiger partial charge in [-0.05, 0) is 29.7 Å². The highest BCUT2D eigenvalue weighted by atomic mass is 16.4. The number of aromatic carboxylic acids is 1. The molecule has 0 aliphatic rings. The molecular formula is C15H15NO3. The van der Waals surface area contributed by atoms with Crippen LogP contribution < -0.4 is 5.56 Å². The van der Waals surface area contributed by atoms with Crippen LogP contribution in [0, 0.1) is 0 Å². The van der Waals surface area contributed by atoms with Crippen LogP contribution >= 0.6 is 0 Å².